The van der Waals surface area contributed by atoms with Gasteiger partial charge in [0.25, 0.3) is 5.91 Å². The van der Waals surface area contributed by atoms with E-state index in [0.29, 0.717) is 28.4 Å². The third-order valence-corrected chi connectivity index (χ3v) is 6.90. The number of allylic oxidation sites excluding steroid dienone is 1. The summed E-state index contributed by atoms with van der Waals surface area (Å²) in [5.74, 6) is 0.534. The van der Waals surface area contributed by atoms with Crippen molar-refractivity contribution < 1.29 is 14.3 Å². The fourth-order valence-corrected chi connectivity index (χ4v) is 5.31. The van der Waals surface area contributed by atoms with Crippen LogP contribution in [0.15, 0.2) is 58.0 Å². The standard InChI is InChI=1S/C22H23N3O3S2/c1-3-28-21(27)18-14(2)23-22-25(10-6-12-30-22)19(18)15-7-4-8-16(13-15)24-20(26)17-9-5-11-29-17/h4-5,7-9,11,13,19H,3,6,10,12H2,1-2H3,(H,24,26)/t19-/m0/s1. The predicted octanol–water partition coefficient (Wildman–Crippen LogP) is 4.69. The molecule has 4 rings (SSSR count). The van der Waals surface area contributed by atoms with E-state index < -0.39 is 0 Å². The number of benzene rings is 1. The van der Waals surface area contributed by atoms with Crippen LogP contribution in [0.2, 0.25) is 0 Å². The number of aliphatic imine (C=N–C) groups is 1. The van der Waals surface area contributed by atoms with E-state index in [2.05, 4.69) is 15.2 Å². The zero-order chi connectivity index (χ0) is 21.1. The summed E-state index contributed by atoms with van der Waals surface area (Å²) in [6, 6.07) is 11.0. The van der Waals surface area contributed by atoms with E-state index in [0.717, 1.165) is 29.4 Å². The van der Waals surface area contributed by atoms with Crippen molar-refractivity contribution in [3.05, 3.63) is 63.5 Å². The van der Waals surface area contributed by atoms with E-state index >= 15 is 0 Å². The van der Waals surface area contributed by atoms with Crippen LogP contribution in [0.1, 0.15) is 41.5 Å². The predicted molar refractivity (Wildman–Crippen MR) is 122 cm³/mol. The lowest BCUT2D eigenvalue weighted by atomic mass is 9.94. The Morgan fingerprint density at radius 3 is 2.93 bits per heavy atom. The number of amides is 1. The molecule has 0 spiro atoms. The minimum Gasteiger partial charge on any atom is -0.463 e. The molecule has 1 aromatic carbocycles. The van der Waals surface area contributed by atoms with Gasteiger partial charge in [-0.05, 0) is 49.4 Å². The number of rotatable bonds is 5. The smallest absolute Gasteiger partial charge is 0.338 e. The number of hydrogen-bond donors (Lipinski definition) is 1. The molecule has 1 atom stereocenters. The van der Waals surface area contributed by atoms with Gasteiger partial charge < -0.3 is 15.0 Å². The van der Waals surface area contributed by atoms with Gasteiger partial charge in [0.15, 0.2) is 5.17 Å². The number of carbonyl (C=O) groups is 2. The van der Waals surface area contributed by atoms with Crippen LogP contribution in [0.5, 0.6) is 0 Å². The number of fused-ring (bicyclic) bond motifs is 1. The van der Waals surface area contributed by atoms with E-state index in [1.54, 1.807) is 24.8 Å². The van der Waals surface area contributed by atoms with Crippen molar-refractivity contribution >= 4 is 45.8 Å². The second-order valence-electron chi connectivity index (χ2n) is 6.97. The summed E-state index contributed by atoms with van der Waals surface area (Å²) < 4.78 is 5.36. The van der Waals surface area contributed by atoms with E-state index in [1.165, 1.54) is 11.3 Å². The van der Waals surface area contributed by atoms with Crippen molar-refractivity contribution in [3.8, 4) is 0 Å². The number of nitrogens with zero attached hydrogens (tertiary/aromatic N) is 2. The third kappa shape index (κ3) is 4.15. The molecule has 1 aromatic heterocycles. The highest BCUT2D eigenvalue weighted by Gasteiger charge is 2.37. The lowest BCUT2D eigenvalue weighted by Gasteiger charge is -2.40. The van der Waals surface area contributed by atoms with Crippen molar-refractivity contribution in [2.24, 2.45) is 4.99 Å². The Labute approximate surface area is 184 Å². The fraction of sp³-hybridized carbons (Fsp3) is 0.318. The fourth-order valence-electron chi connectivity index (χ4n) is 3.67. The Morgan fingerprint density at radius 2 is 2.17 bits per heavy atom. The van der Waals surface area contributed by atoms with Gasteiger partial charge in [0.2, 0.25) is 0 Å². The zero-order valence-corrected chi connectivity index (χ0v) is 18.5. The second-order valence-corrected chi connectivity index (χ2v) is 8.98. The molecular formula is C22H23N3O3S2. The summed E-state index contributed by atoms with van der Waals surface area (Å²) in [5.41, 5.74) is 2.87. The van der Waals surface area contributed by atoms with Crippen LogP contribution in [-0.4, -0.2) is 40.8 Å². The Balaban J connectivity index is 1.70. The largest absolute Gasteiger partial charge is 0.463 e. The molecule has 156 valence electrons. The van der Waals surface area contributed by atoms with Crippen molar-refractivity contribution in [1.82, 2.24) is 4.90 Å². The number of esters is 1. The number of carbonyl (C=O) groups excluding carboxylic acids is 2. The first kappa shape index (κ1) is 20.7. The molecule has 2 aliphatic rings. The van der Waals surface area contributed by atoms with Crippen molar-refractivity contribution in [3.63, 3.8) is 0 Å². The molecule has 0 radical (unpaired) electrons. The van der Waals surface area contributed by atoms with E-state index in [4.69, 9.17) is 4.74 Å². The summed E-state index contributed by atoms with van der Waals surface area (Å²) in [6.07, 6.45) is 1.02. The minimum atomic E-state index is -0.341. The summed E-state index contributed by atoms with van der Waals surface area (Å²) in [4.78, 5) is 32.8. The van der Waals surface area contributed by atoms with Gasteiger partial charge in [-0.3, -0.25) is 4.79 Å². The van der Waals surface area contributed by atoms with Gasteiger partial charge in [-0.15, -0.1) is 11.3 Å². The van der Waals surface area contributed by atoms with Crippen LogP contribution in [-0.2, 0) is 9.53 Å². The van der Waals surface area contributed by atoms with Gasteiger partial charge in [-0.25, -0.2) is 9.79 Å². The van der Waals surface area contributed by atoms with Gasteiger partial charge in [0.1, 0.15) is 0 Å². The highest BCUT2D eigenvalue weighted by atomic mass is 32.2. The molecule has 0 bridgehead atoms. The normalized spacial score (nSPS) is 18.5. The Morgan fingerprint density at radius 1 is 1.30 bits per heavy atom. The molecule has 1 fully saturated rings. The number of thiophene rings is 1. The summed E-state index contributed by atoms with van der Waals surface area (Å²) >= 11 is 3.11. The van der Waals surface area contributed by atoms with Gasteiger partial charge in [0, 0.05) is 18.0 Å². The van der Waals surface area contributed by atoms with Crippen molar-refractivity contribution in [2.75, 3.05) is 24.2 Å². The molecule has 8 heteroatoms. The first-order chi connectivity index (χ1) is 14.6. The molecule has 1 N–H and O–H groups in total. The lowest BCUT2D eigenvalue weighted by molar-refractivity contribution is -0.139. The highest BCUT2D eigenvalue weighted by molar-refractivity contribution is 8.13. The van der Waals surface area contributed by atoms with E-state index in [-0.39, 0.29) is 17.9 Å². The maximum Gasteiger partial charge on any atom is 0.338 e. The Hall–Kier alpha value is -2.58. The lowest BCUT2D eigenvalue weighted by Crippen LogP contribution is -2.42. The number of hydrogen-bond acceptors (Lipinski definition) is 7. The van der Waals surface area contributed by atoms with Crippen molar-refractivity contribution in [2.45, 2.75) is 26.3 Å². The van der Waals surface area contributed by atoms with Crippen LogP contribution in [0.4, 0.5) is 5.69 Å². The second kappa shape index (κ2) is 9.06. The SMILES string of the molecule is CCOC(=O)C1=C(C)N=C2SCCCN2[C@H]1c1cccc(NC(=O)c2cccs2)c1. The maximum atomic E-state index is 12.8. The average molecular weight is 442 g/mol. The minimum absolute atomic E-state index is 0.140. The molecular weight excluding hydrogens is 418 g/mol. The number of nitrogens with one attached hydrogen (secondary N) is 1. The van der Waals surface area contributed by atoms with Gasteiger partial charge in [-0.2, -0.15) is 0 Å². The maximum absolute atomic E-state index is 12.8. The van der Waals surface area contributed by atoms with E-state index in [1.807, 2.05) is 42.6 Å². The van der Waals surface area contributed by atoms with Gasteiger partial charge in [-0.1, -0.05) is 30.0 Å². The third-order valence-electron chi connectivity index (χ3n) is 4.96. The zero-order valence-electron chi connectivity index (χ0n) is 16.9. The Kier molecular flexibility index (Phi) is 6.24. The quantitative estimate of drug-likeness (QED) is 0.682. The molecule has 3 heterocycles. The van der Waals surface area contributed by atoms with Crippen molar-refractivity contribution in [1.29, 1.82) is 0 Å². The monoisotopic (exact) mass is 441 g/mol. The molecule has 2 aromatic rings. The van der Waals surface area contributed by atoms with Crippen LogP contribution < -0.4 is 5.32 Å². The van der Waals surface area contributed by atoms with Crippen LogP contribution in [0.3, 0.4) is 0 Å². The first-order valence-corrected chi connectivity index (χ1v) is 11.8. The molecule has 0 unspecified atom stereocenters. The molecule has 1 saturated heterocycles. The molecule has 0 aliphatic carbocycles. The summed E-state index contributed by atoms with van der Waals surface area (Å²) in [7, 11) is 0. The average Bonchev–Trinajstić information content (AvgIpc) is 3.28. The number of anilines is 1. The first-order valence-electron chi connectivity index (χ1n) is 9.89. The molecule has 2 aliphatic heterocycles. The molecule has 0 saturated carbocycles. The highest BCUT2D eigenvalue weighted by Crippen LogP contribution is 2.40. The van der Waals surface area contributed by atoms with Crippen LogP contribution >= 0.6 is 23.1 Å². The Bertz CT molecular complexity index is 1010. The number of thioether (sulfide) groups is 1. The molecule has 1 amide bonds. The van der Waals surface area contributed by atoms with E-state index in [9.17, 15) is 9.59 Å². The summed E-state index contributed by atoms with van der Waals surface area (Å²) in [6.45, 7) is 4.79. The topological polar surface area (TPSA) is 71.0 Å². The van der Waals surface area contributed by atoms with Gasteiger partial charge >= 0.3 is 5.97 Å². The van der Waals surface area contributed by atoms with Gasteiger partial charge in [0.05, 0.1) is 28.8 Å². The number of amidine groups is 1. The number of ether oxygens (including phenoxy) is 1. The molecule has 30 heavy (non-hydrogen) atoms. The summed E-state index contributed by atoms with van der Waals surface area (Å²) in [5, 5.41) is 5.77. The molecule has 6 nitrogen and oxygen atoms in total. The van der Waals surface area contributed by atoms with Crippen LogP contribution in [0.25, 0.3) is 0 Å². The van der Waals surface area contributed by atoms with Crippen LogP contribution in [0, 0.1) is 0 Å².